The maximum atomic E-state index is 12.9. The number of aromatic nitrogens is 3. The van der Waals surface area contributed by atoms with Crippen molar-refractivity contribution in [2.45, 2.75) is 32.3 Å². The third-order valence-electron chi connectivity index (χ3n) is 4.98. The van der Waals surface area contributed by atoms with E-state index >= 15 is 0 Å². The zero-order valence-electron chi connectivity index (χ0n) is 14.0. The van der Waals surface area contributed by atoms with Crippen molar-refractivity contribution in [3.63, 3.8) is 0 Å². The summed E-state index contributed by atoms with van der Waals surface area (Å²) in [7, 11) is 0. The molecule has 126 valence electrons. The first-order chi connectivity index (χ1) is 11.6. The summed E-state index contributed by atoms with van der Waals surface area (Å²) in [4.78, 5) is 19.1. The van der Waals surface area contributed by atoms with Gasteiger partial charge < -0.3 is 9.64 Å². The average Bonchev–Trinajstić information content (AvgIpc) is 3.27. The lowest BCUT2D eigenvalue weighted by Crippen LogP contribution is -2.43. The van der Waals surface area contributed by atoms with Gasteiger partial charge in [-0.05, 0) is 37.3 Å². The second-order valence-corrected chi connectivity index (χ2v) is 6.73. The molecule has 0 radical (unpaired) electrons. The van der Waals surface area contributed by atoms with E-state index in [4.69, 9.17) is 4.74 Å². The third kappa shape index (κ3) is 2.82. The Hall–Kier alpha value is -2.21. The molecule has 2 fully saturated rings. The molecule has 0 unspecified atom stereocenters. The van der Waals surface area contributed by atoms with Gasteiger partial charge in [-0.3, -0.25) is 9.89 Å². The Bertz CT molecular complexity index is 757. The molecule has 1 aliphatic heterocycles. The maximum Gasteiger partial charge on any atom is 0.226 e. The summed E-state index contributed by atoms with van der Waals surface area (Å²) >= 11 is 0. The Morgan fingerprint density at radius 3 is 2.92 bits per heavy atom. The predicted molar refractivity (Wildman–Crippen MR) is 88.4 cm³/mol. The van der Waals surface area contributed by atoms with E-state index in [0.29, 0.717) is 31.4 Å². The molecule has 1 amide bonds. The molecule has 1 aromatic heterocycles. The van der Waals surface area contributed by atoms with Crippen LogP contribution < -0.4 is 0 Å². The number of H-pyrrole nitrogens is 1. The molecule has 6 nitrogen and oxygen atoms in total. The largest absolute Gasteiger partial charge is 0.366 e. The Kier molecular flexibility index (Phi) is 3.84. The standard InChI is InChI=1S/C18H22N4O2/c1-11-5-3-4-6-13(11)14-9-15(14)18(23)22-7-8-24-16(10-22)17-19-12(2)20-21-17/h3-6,14-16H,7-10H2,1-2H3,(H,19,20,21)/t14-,15+,16+/m1/s1. The molecule has 2 aliphatic rings. The number of ether oxygens (including phenoxy) is 1. The quantitative estimate of drug-likeness (QED) is 0.938. The first-order valence-electron chi connectivity index (χ1n) is 8.48. The van der Waals surface area contributed by atoms with Gasteiger partial charge in [-0.1, -0.05) is 24.3 Å². The van der Waals surface area contributed by atoms with Gasteiger partial charge in [-0.25, -0.2) is 4.98 Å². The molecule has 1 N–H and O–H groups in total. The molecule has 2 heterocycles. The van der Waals surface area contributed by atoms with E-state index in [2.05, 4.69) is 40.3 Å². The molecular weight excluding hydrogens is 304 g/mol. The zero-order valence-corrected chi connectivity index (χ0v) is 14.0. The van der Waals surface area contributed by atoms with Gasteiger partial charge in [0.15, 0.2) is 5.82 Å². The smallest absolute Gasteiger partial charge is 0.226 e. The van der Waals surface area contributed by atoms with Gasteiger partial charge in [0.05, 0.1) is 13.2 Å². The molecule has 4 rings (SSSR count). The summed E-state index contributed by atoms with van der Waals surface area (Å²) in [6.07, 6.45) is 0.717. The fraction of sp³-hybridized carbons (Fsp3) is 0.500. The fourth-order valence-corrected chi connectivity index (χ4v) is 3.56. The molecule has 1 saturated carbocycles. The van der Waals surface area contributed by atoms with E-state index in [1.165, 1.54) is 11.1 Å². The second-order valence-electron chi connectivity index (χ2n) is 6.73. The van der Waals surface area contributed by atoms with Crippen LogP contribution in [0.25, 0.3) is 0 Å². The highest BCUT2D eigenvalue weighted by atomic mass is 16.5. The molecule has 6 heteroatoms. The summed E-state index contributed by atoms with van der Waals surface area (Å²) in [6, 6.07) is 8.36. The highest BCUT2D eigenvalue weighted by Crippen LogP contribution is 2.49. The van der Waals surface area contributed by atoms with Crippen LogP contribution >= 0.6 is 0 Å². The van der Waals surface area contributed by atoms with Crippen LogP contribution in [0.4, 0.5) is 0 Å². The van der Waals surface area contributed by atoms with Crippen LogP contribution in [0.15, 0.2) is 24.3 Å². The normalized spacial score (nSPS) is 26.4. The SMILES string of the molecule is Cc1nc([C@@H]2CN(C(=O)[C@H]3C[C@@H]3c3ccccc3C)CCO2)n[nH]1. The number of aromatic amines is 1. The molecule has 0 spiro atoms. The molecule has 1 aliphatic carbocycles. The highest BCUT2D eigenvalue weighted by molar-refractivity contribution is 5.83. The minimum absolute atomic E-state index is 0.110. The lowest BCUT2D eigenvalue weighted by molar-refractivity contribution is -0.140. The summed E-state index contributed by atoms with van der Waals surface area (Å²) in [6.45, 7) is 5.69. The van der Waals surface area contributed by atoms with Crippen molar-refractivity contribution in [1.82, 2.24) is 20.1 Å². The summed E-state index contributed by atoms with van der Waals surface area (Å²) in [5.41, 5.74) is 2.58. The first-order valence-corrected chi connectivity index (χ1v) is 8.48. The van der Waals surface area contributed by atoms with Crippen molar-refractivity contribution in [1.29, 1.82) is 0 Å². The van der Waals surface area contributed by atoms with Crippen molar-refractivity contribution in [2.75, 3.05) is 19.7 Å². The van der Waals surface area contributed by atoms with Crippen LogP contribution in [0, 0.1) is 19.8 Å². The van der Waals surface area contributed by atoms with Crippen LogP contribution in [0.2, 0.25) is 0 Å². The molecule has 3 atom stereocenters. The van der Waals surface area contributed by atoms with Crippen LogP contribution in [-0.2, 0) is 9.53 Å². The van der Waals surface area contributed by atoms with Gasteiger partial charge in [0.25, 0.3) is 0 Å². The molecule has 24 heavy (non-hydrogen) atoms. The predicted octanol–water partition coefficient (Wildman–Crippen LogP) is 2.13. The molecular formula is C18H22N4O2. The Labute approximate surface area is 141 Å². The van der Waals surface area contributed by atoms with Gasteiger partial charge in [0.1, 0.15) is 11.9 Å². The number of amides is 1. The van der Waals surface area contributed by atoms with Gasteiger partial charge in [-0.15, -0.1) is 0 Å². The average molecular weight is 326 g/mol. The van der Waals surface area contributed by atoms with Crippen molar-refractivity contribution >= 4 is 5.91 Å². The number of morpholine rings is 1. The number of nitrogens with zero attached hydrogens (tertiary/aromatic N) is 3. The van der Waals surface area contributed by atoms with E-state index < -0.39 is 0 Å². The minimum Gasteiger partial charge on any atom is -0.366 e. The number of benzene rings is 1. The summed E-state index contributed by atoms with van der Waals surface area (Å²) in [5, 5.41) is 7.00. The zero-order chi connectivity index (χ0) is 16.7. The summed E-state index contributed by atoms with van der Waals surface area (Å²) in [5.74, 6) is 2.11. The van der Waals surface area contributed by atoms with E-state index in [-0.39, 0.29) is 17.9 Å². The lowest BCUT2D eigenvalue weighted by Gasteiger charge is -2.32. The molecule has 2 aromatic rings. The van der Waals surface area contributed by atoms with Gasteiger partial charge in [-0.2, -0.15) is 5.10 Å². The van der Waals surface area contributed by atoms with Crippen LogP contribution in [0.3, 0.4) is 0 Å². The number of hydrogen-bond acceptors (Lipinski definition) is 4. The van der Waals surface area contributed by atoms with Crippen LogP contribution in [-0.4, -0.2) is 45.7 Å². The number of rotatable bonds is 3. The van der Waals surface area contributed by atoms with E-state index in [9.17, 15) is 4.79 Å². The Balaban J connectivity index is 1.43. The second kappa shape index (κ2) is 6.02. The highest BCUT2D eigenvalue weighted by Gasteiger charge is 2.47. The maximum absolute atomic E-state index is 12.9. The molecule has 1 aromatic carbocycles. The Morgan fingerprint density at radius 2 is 2.17 bits per heavy atom. The number of carbonyl (C=O) groups excluding carboxylic acids is 1. The van der Waals surface area contributed by atoms with Gasteiger partial charge >= 0.3 is 0 Å². The number of carbonyl (C=O) groups is 1. The third-order valence-corrected chi connectivity index (χ3v) is 4.98. The number of nitrogens with one attached hydrogen (secondary N) is 1. The van der Waals surface area contributed by atoms with Crippen LogP contribution in [0.1, 0.15) is 41.2 Å². The molecule has 0 bridgehead atoms. The van der Waals surface area contributed by atoms with Gasteiger partial charge in [0.2, 0.25) is 5.91 Å². The molecule has 1 saturated heterocycles. The van der Waals surface area contributed by atoms with E-state index in [0.717, 1.165) is 12.2 Å². The van der Waals surface area contributed by atoms with Crippen molar-refractivity contribution < 1.29 is 9.53 Å². The lowest BCUT2D eigenvalue weighted by atomic mass is 10.0. The topological polar surface area (TPSA) is 71.1 Å². The monoisotopic (exact) mass is 326 g/mol. The van der Waals surface area contributed by atoms with Crippen molar-refractivity contribution in [3.8, 4) is 0 Å². The van der Waals surface area contributed by atoms with E-state index in [1.807, 2.05) is 17.9 Å². The summed E-state index contributed by atoms with van der Waals surface area (Å²) < 4.78 is 5.75. The minimum atomic E-state index is -0.233. The van der Waals surface area contributed by atoms with E-state index in [1.54, 1.807) is 0 Å². The first kappa shape index (κ1) is 15.3. The number of hydrogen-bond donors (Lipinski definition) is 1. The number of aryl methyl sites for hydroxylation is 2. The van der Waals surface area contributed by atoms with Crippen LogP contribution in [0.5, 0.6) is 0 Å². The fourth-order valence-electron chi connectivity index (χ4n) is 3.56. The van der Waals surface area contributed by atoms with Crippen molar-refractivity contribution in [3.05, 3.63) is 47.0 Å². The van der Waals surface area contributed by atoms with Crippen molar-refractivity contribution in [2.24, 2.45) is 5.92 Å². The van der Waals surface area contributed by atoms with Gasteiger partial charge in [0, 0.05) is 12.5 Å². The Morgan fingerprint density at radius 1 is 1.33 bits per heavy atom.